The average Bonchev–Trinajstić information content (AvgIpc) is 3.24. The second-order valence-electron chi connectivity index (χ2n) is 5.88. The molecule has 0 radical (unpaired) electrons. The van der Waals surface area contributed by atoms with Crippen LogP contribution in [0.4, 0.5) is 5.69 Å². The van der Waals surface area contributed by atoms with Crippen LogP contribution in [0.15, 0.2) is 50.3 Å². The van der Waals surface area contributed by atoms with Gasteiger partial charge in [-0.25, -0.2) is 0 Å². The minimum atomic E-state index is -3.84. The maximum absolute atomic E-state index is 12.5. The normalized spacial score (nSPS) is 11.8. The molecule has 0 aliphatic rings. The van der Waals surface area contributed by atoms with E-state index in [4.69, 9.17) is 8.83 Å². The van der Waals surface area contributed by atoms with E-state index in [1.165, 1.54) is 12.1 Å². The molecule has 0 amide bonds. The molecule has 0 aliphatic heterocycles. The van der Waals surface area contributed by atoms with Gasteiger partial charge in [0.2, 0.25) is 11.0 Å². The molecule has 8 heteroatoms. The van der Waals surface area contributed by atoms with Crippen molar-refractivity contribution in [3.05, 3.63) is 47.9 Å². The fourth-order valence-corrected chi connectivity index (χ4v) is 3.19. The zero-order valence-corrected chi connectivity index (χ0v) is 15.0. The highest BCUT2D eigenvalue weighted by atomic mass is 32.2. The molecule has 1 N–H and O–H groups in total. The SMILES string of the molecule is CCc1cccc(NS(=O)(=O)c2ccc(-c3nnc(C(C)C)o3)o2)c1. The van der Waals surface area contributed by atoms with Crippen molar-refractivity contribution in [1.29, 1.82) is 0 Å². The van der Waals surface area contributed by atoms with Crippen LogP contribution in [0.25, 0.3) is 11.7 Å². The maximum atomic E-state index is 12.5. The molecule has 0 aliphatic carbocycles. The molecular weight excluding hydrogens is 342 g/mol. The number of sulfonamides is 1. The van der Waals surface area contributed by atoms with Crippen molar-refractivity contribution in [3.63, 3.8) is 0 Å². The third kappa shape index (κ3) is 3.74. The van der Waals surface area contributed by atoms with Crippen molar-refractivity contribution in [3.8, 4) is 11.7 Å². The van der Waals surface area contributed by atoms with Crippen molar-refractivity contribution < 1.29 is 17.3 Å². The number of benzene rings is 1. The second-order valence-corrected chi connectivity index (χ2v) is 7.49. The summed E-state index contributed by atoms with van der Waals surface area (Å²) in [6, 6.07) is 10.1. The monoisotopic (exact) mass is 361 g/mol. The lowest BCUT2D eigenvalue weighted by Crippen LogP contribution is -2.12. The summed E-state index contributed by atoms with van der Waals surface area (Å²) in [4.78, 5) is 0. The Bertz CT molecular complexity index is 973. The smallest absolute Gasteiger partial charge is 0.295 e. The first kappa shape index (κ1) is 17.2. The molecule has 0 spiro atoms. The summed E-state index contributed by atoms with van der Waals surface area (Å²) in [5.74, 6) is 0.900. The zero-order chi connectivity index (χ0) is 18.0. The molecule has 3 rings (SSSR count). The molecule has 0 atom stereocenters. The fourth-order valence-electron chi connectivity index (χ4n) is 2.21. The van der Waals surface area contributed by atoms with Crippen molar-refractivity contribution in [1.82, 2.24) is 10.2 Å². The van der Waals surface area contributed by atoms with Gasteiger partial charge < -0.3 is 8.83 Å². The Kier molecular flexibility index (Phi) is 4.63. The Morgan fingerprint density at radius 3 is 2.60 bits per heavy atom. The van der Waals surface area contributed by atoms with E-state index in [2.05, 4.69) is 14.9 Å². The molecule has 25 heavy (non-hydrogen) atoms. The molecule has 0 saturated carbocycles. The van der Waals surface area contributed by atoms with Gasteiger partial charge in [0.25, 0.3) is 15.9 Å². The van der Waals surface area contributed by atoms with Crippen LogP contribution in [0.1, 0.15) is 38.1 Å². The summed E-state index contributed by atoms with van der Waals surface area (Å²) in [7, 11) is -3.84. The number of aryl methyl sites for hydroxylation is 1. The Morgan fingerprint density at radius 2 is 1.92 bits per heavy atom. The van der Waals surface area contributed by atoms with Crippen molar-refractivity contribution >= 4 is 15.7 Å². The van der Waals surface area contributed by atoms with Gasteiger partial charge in [-0.05, 0) is 36.2 Å². The van der Waals surface area contributed by atoms with Gasteiger partial charge in [-0.3, -0.25) is 4.72 Å². The Balaban J connectivity index is 1.84. The van der Waals surface area contributed by atoms with Gasteiger partial charge in [-0.2, -0.15) is 8.42 Å². The van der Waals surface area contributed by atoms with Crippen LogP contribution in [0.3, 0.4) is 0 Å². The highest BCUT2D eigenvalue weighted by Gasteiger charge is 2.22. The number of anilines is 1. The zero-order valence-electron chi connectivity index (χ0n) is 14.2. The third-order valence-electron chi connectivity index (χ3n) is 3.58. The average molecular weight is 361 g/mol. The second kappa shape index (κ2) is 6.72. The minimum Gasteiger partial charge on any atom is -0.438 e. The number of hydrogen-bond donors (Lipinski definition) is 1. The molecule has 0 bridgehead atoms. The largest absolute Gasteiger partial charge is 0.438 e. The number of rotatable bonds is 6. The van der Waals surface area contributed by atoms with E-state index < -0.39 is 10.0 Å². The first-order valence-electron chi connectivity index (χ1n) is 7.94. The fraction of sp³-hybridized carbons (Fsp3) is 0.294. The minimum absolute atomic E-state index is 0.0759. The van der Waals surface area contributed by atoms with E-state index in [0.29, 0.717) is 11.6 Å². The highest BCUT2D eigenvalue weighted by molar-refractivity contribution is 7.92. The quantitative estimate of drug-likeness (QED) is 0.717. The van der Waals surface area contributed by atoms with Crippen LogP contribution in [0, 0.1) is 0 Å². The molecular formula is C17H19N3O4S. The number of aromatic nitrogens is 2. The Hall–Kier alpha value is -2.61. The van der Waals surface area contributed by atoms with Crippen molar-refractivity contribution in [2.75, 3.05) is 4.72 Å². The van der Waals surface area contributed by atoms with Crippen LogP contribution in [-0.4, -0.2) is 18.6 Å². The van der Waals surface area contributed by atoms with Gasteiger partial charge in [0, 0.05) is 11.6 Å². The number of hydrogen-bond acceptors (Lipinski definition) is 6. The van der Waals surface area contributed by atoms with Gasteiger partial charge >= 0.3 is 0 Å². The van der Waals surface area contributed by atoms with Gasteiger partial charge in [0.05, 0.1) is 0 Å². The molecule has 1 aromatic carbocycles. The lowest BCUT2D eigenvalue weighted by atomic mass is 10.1. The van der Waals surface area contributed by atoms with E-state index in [1.54, 1.807) is 18.2 Å². The number of furan rings is 1. The predicted octanol–water partition coefficient (Wildman–Crippen LogP) is 3.82. The van der Waals surface area contributed by atoms with Crippen molar-refractivity contribution in [2.24, 2.45) is 0 Å². The van der Waals surface area contributed by atoms with Crippen molar-refractivity contribution in [2.45, 2.75) is 38.2 Å². The van der Waals surface area contributed by atoms with Gasteiger partial charge in [-0.15, -0.1) is 10.2 Å². The molecule has 3 aromatic rings. The first-order chi connectivity index (χ1) is 11.9. The molecule has 7 nitrogen and oxygen atoms in total. The predicted molar refractivity (Wildman–Crippen MR) is 92.7 cm³/mol. The first-order valence-corrected chi connectivity index (χ1v) is 9.42. The van der Waals surface area contributed by atoms with Gasteiger partial charge in [-0.1, -0.05) is 32.9 Å². The van der Waals surface area contributed by atoms with E-state index >= 15 is 0 Å². The van der Waals surface area contributed by atoms with E-state index in [-0.39, 0.29) is 22.7 Å². The molecule has 2 heterocycles. The van der Waals surface area contributed by atoms with Crippen LogP contribution in [-0.2, 0) is 16.4 Å². The standard InChI is InChI=1S/C17H19N3O4S/c1-4-12-6-5-7-13(10-12)20-25(21,22)15-9-8-14(23-15)17-19-18-16(24-17)11(2)3/h5-11,20H,4H2,1-3H3. The summed E-state index contributed by atoms with van der Waals surface area (Å²) < 4.78 is 38.4. The topological polar surface area (TPSA) is 98.2 Å². The Morgan fingerprint density at radius 1 is 1.12 bits per heavy atom. The highest BCUT2D eigenvalue weighted by Crippen LogP contribution is 2.26. The number of nitrogens with one attached hydrogen (secondary N) is 1. The maximum Gasteiger partial charge on any atom is 0.295 e. The molecule has 0 unspecified atom stereocenters. The summed E-state index contributed by atoms with van der Waals surface area (Å²) in [6.45, 7) is 5.84. The van der Waals surface area contributed by atoms with E-state index in [9.17, 15) is 8.42 Å². The summed E-state index contributed by atoms with van der Waals surface area (Å²) >= 11 is 0. The molecule has 0 fully saturated rings. The molecule has 132 valence electrons. The number of nitrogens with zero attached hydrogens (tertiary/aromatic N) is 2. The summed E-state index contributed by atoms with van der Waals surface area (Å²) in [5.41, 5.74) is 1.52. The lowest BCUT2D eigenvalue weighted by molar-refractivity contribution is 0.429. The van der Waals surface area contributed by atoms with Crippen LogP contribution >= 0.6 is 0 Å². The van der Waals surface area contributed by atoms with E-state index in [0.717, 1.165) is 12.0 Å². The van der Waals surface area contributed by atoms with Crippen LogP contribution in [0.2, 0.25) is 0 Å². The lowest BCUT2D eigenvalue weighted by Gasteiger charge is -2.06. The third-order valence-corrected chi connectivity index (χ3v) is 4.83. The van der Waals surface area contributed by atoms with Gasteiger partial charge in [0.15, 0.2) is 5.76 Å². The Labute approximate surface area is 146 Å². The molecule has 2 aromatic heterocycles. The summed E-state index contributed by atoms with van der Waals surface area (Å²) in [5, 5.41) is 7.58. The van der Waals surface area contributed by atoms with Crippen LogP contribution < -0.4 is 4.72 Å². The van der Waals surface area contributed by atoms with Gasteiger partial charge in [0.1, 0.15) is 0 Å². The van der Waals surface area contributed by atoms with Crippen LogP contribution in [0.5, 0.6) is 0 Å². The van der Waals surface area contributed by atoms with E-state index in [1.807, 2.05) is 26.8 Å². The summed E-state index contributed by atoms with van der Waals surface area (Å²) in [6.07, 6.45) is 0.815. The molecule has 0 saturated heterocycles.